The van der Waals surface area contributed by atoms with Crippen LogP contribution >= 0.6 is 0 Å². The summed E-state index contributed by atoms with van der Waals surface area (Å²) >= 11 is 0. The van der Waals surface area contributed by atoms with Gasteiger partial charge in [0.05, 0.1) is 12.5 Å². The molecule has 1 aromatic heterocycles. The van der Waals surface area contributed by atoms with E-state index >= 15 is 0 Å². The monoisotopic (exact) mass is 399 g/mol. The van der Waals surface area contributed by atoms with Crippen molar-refractivity contribution in [2.45, 2.75) is 31.3 Å². The fraction of sp³-hybridized carbons (Fsp3) is 0.429. The minimum absolute atomic E-state index is 0.0352. The summed E-state index contributed by atoms with van der Waals surface area (Å²) in [5, 5.41) is 0.544. The number of urea groups is 1. The van der Waals surface area contributed by atoms with E-state index in [2.05, 4.69) is 20.1 Å². The van der Waals surface area contributed by atoms with Crippen LogP contribution in [0.2, 0.25) is 0 Å². The van der Waals surface area contributed by atoms with E-state index in [0.29, 0.717) is 10.8 Å². The molecule has 13 heteroatoms. The summed E-state index contributed by atoms with van der Waals surface area (Å²) in [5.74, 6) is -1.11. The number of carbonyl (C=O) groups is 3. The standard InChI is InChI=1S/C14H17N5O7S/c20-12(7-9-3-1-2-6-15-9)16-17-13(21)11-5-4-10-8-18(11)14(22)19(10)26-27(23,24)25/h1-3,6,10-11H,4-5,7-8H2,(H,16,20)(H,17,21)(H,23,24,25)/t10-,11+/m1/s1. The summed E-state index contributed by atoms with van der Waals surface area (Å²) in [5.41, 5.74) is 5.03. The highest BCUT2D eigenvalue weighted by Gasteiger charge is 2.49. The number of pyridine rings is 1. The molecule has 3 N–H and O–H groups in total. The zero-order chi connectivity index (χ0) is 19.6. The van der Waals surface area contributed by atoms with Crippen molar-refractivity contribution in [2.24, 2.45) is 0 Å². The smallest absolute Gasteiger partial charge is 0.309 e. The van der Waals surface area contributed by atoms with Gasteiger partial charge in [0.15, 0.2) is 0 Å². The summed E-state index contributed by atoms with van der Waals surface area (Å²) in [6, 6.07) is 2.75. The van der Waals surface area contributed by atoms with E-state index in [1.54, 1.807) is 24.4 Å². The Kier molecular flexibility index (Phi) is 5.25. The average molecular weight is 399 g/mol. The first-order chi connectivity index (χ1) is 12.7. The molecule has 3 heterocycles. The number of nitrogens with zero attached hydrogens (tertiary/aromatic N) is 3. The average Bonchev–Trinajstić information content (AvgIpc) is 2.84. The van der Waals surface area contributed by atoms with Crippen LogP contribution < -0.4 is 10.9 Å². The number of hydrogen-bond donors (Lipinski definition) is 3. The Morgan fingerprint density at radius 2 is 2.07 bits per heavy atom. The van der Waals surface area contributed by atoms with Gasteiger partial charge in [0.1, 0.15) is 6.04 Å². The molecule has 3 rings (SSSR count). The van der Waals surface area contributed by atoms with Crippen molar-refractivity contribution < 1.29 is 31.6 Å². The number of amides is 4. The number of aromatic nitrogens is 1. The van der Waals surface area contributed by atoms with Crippen LogP contribution in [0, 0.1) is 0 Å². The van der Waals surface area contributed by atoms with Gasteiger partial charge in [-0.25, -0.2) is 4.79 Å². The molecule has 2 aliphatic rings. The SMILES string of the molecule is O=C(Cc1ccccn1)NNC(=O)[C@@H]1CC[C@@H]2CN1C(=O)N2OS(=O)(=O)O. The maximum atomic E-state index is 12.3. The molecule has 0 spiro atoms. The van der Waals surface area contributed by atoms with Crippen LogP contribution in [0.5, 0.6) is 0 Å². The first kappa shape index (κ1) is 19.0. The molecule has 1 aromatic rings. The van der Waals surface area contributed by atoms with Crippen molar-refractivity contribution in [1.82, 2.24) is 25.8 Å². The lowest BCUT2D eigenvalue weighted by Crippen LogP contribution is -2.54. The van der Waals surface area contributed by atoms with Crippen molar-refractivity contribution in [3.05, 3.63) is 30.1 Å². The molecule has 0 aromatic carbocycles. The van der Waals surface area contributed by atoms with Gasteiger partial charge in [-0.3, -0.25) is 30.0 Å². The van der Waals surface area contributed by atoms with Gasteiger partial charge in [-0.2, -0.15) is 13.5 Å². The summed E-state index contributed by atoms with van der Waals surface area (Å²) in [4.78, 5) is 41.5. The first-order valence-electron chi connectivity index (χ1n) is 8.00. The third-order valence-electron chi connectivity index (χ3n) is 4.19. The van der Waals surface area contributed by atoms with Gasteiger partial charge in [0.2, 0.25) is 5.91 Å². The highest BCUT2D eigenvalue weighted by Crippen LogP contribution is 2.30. The largest absolute Gasteiger partial charge is 0.418 e. The van der Waals surface area contributed by atoms with E-state index in [4.69, 9.17) is 4.55 Å². The Morgan fingerprint density at radius 3 is 2.74 bits per heavy atom. The van der Waals surface area contributed by atoms with E-state index in [1.165, 1.54) is 0 Å². The van der Waals surface area contributed by atoms with E-state index in [9.17, 15) is 22.8 Å². The number of rotatable bonds is 5. The third kappa shape index (κ3) is 4.50. The lowest BCUT2D eigenvalue weighted by molar-refractivity contribution is -0.131. The number of piperidine rings is 1. The molecule has 2 aliphatic heterocycles. The van der Waals surface area contributed by atoms with Crippen molar-refractivity contribution >= 4 is 28.2 Å². The lowest BCUT2D eigenvalue weighted by Gasteiger charge is -2.29. The Hall–Kier alpha value is -2.77. The molecular weight excluding hydrogens is 382 g/mol. The van der Waals surface area contributed by atoms with E-state index < -0.39 is 40.3 Å². The summed E-state index contributed by atoms with van der Waals surface area (Å²) < 4.78 is 34.7. The minimum Gasteiger partial charge on any atom is -0.309 e. The quantitative estimate of drug-likeness (QED) is 0.410. The fourth-order valence-corrected chi connectivity index (χ4v) is 3.42. The Labute approximate surface area is 154 Å². The predicted molar refractivity (Wildman–Crippen MR) is 87.6 cm³/mol. The number of carbonyl (C=O) groups excluding carboxylic acids is 3. The number of hydroxylamine groups is 2. The van der Waals surface area contributed by atoms with Gasteiger partial charge in [0.25, 0.3) is 5.91 Å². The van der Waals surface area contributed by atoms with Gasteiger partial charge in [-0.05, 0) is 25.0 Å². The number of nitrogens with one attached hydrogen (secondary N) is 2. The molecule has 2 atom stereocenters. The van der Waals surface area contributed by atoms with E-state index in [0.717, 1.165) is 4.90 Å². The number of hydrogen-bond acceptors (Lipinski definition) is 7. The zero-order valence-corrected chi connectivity index (χ0v) is 14.8. The van der Waals surface area contributed by atoms with Crippen LogP contribution in [-0.4, -0.2) is 64.4 Å². The van der Waals surface area contributed by atoms with Crippen molar-refractivity contribution in [3.63, 3.8) is 0 Å². The zero-order valence-electron chi connectivity index (χ0n) is 13.9. The van der Waals surface area contributed by atoms with E-state index in [-0.39, 0.29) is 25.8 Å². The molecule has 27 heavy (non-hydrogen) atoms. The molecule has 146 valence electrons. The van der Waals surface area contributed by atoms with Crippen LogP contribution in [-0.2, 0) is 30.7 Å². The van der Waals surface area contributed by atoms with Crippen LogP contribution in [0.1, 0.15) is 18.5 Å². The Bertz CT molecular complexity index is 847. The molecule has 2 fully saturated rings. The van der Waals surface area contributed by atoms with Crippen molar-refractivity contribution in [3.8, 4) is 0 Å². The highest BCUT2D eigenvalue weighted by molar-refractivity contribution is 7.80. The number of fused-ring (bicyclic) bond motifs is 2. The topological polar surface area (TPSA) is 158 Å². The second-order valence-corrected chi connectivity index (χ2v) is 7.05. The summed E-state index contributed by atoms with van der Waals surface area (Å²) in [6.07, 6.45) is 2.03. The third-order valence-corrected chi connectivity index (χ3v) is 4.54. The second-order valence-electron chi connectivity index (χ2n) is 6.05. The molecule has 0 radical (unpaired) electrons. The van der Waals surface area contributed by atoms with Gasteiger partial charge in [-0.15, -0.1) is 4.28 Å². The molecular formula is C14H17N5O7S. The molecule has 2 bridgehead atoms. The normalized spacial score (nSPS) is 21.9. The van der Waals surface area contributed by atoms with Crippen LogP contribution in [0.15, 0.2) is 24.4 Å². The van der Waals surface area contributed by atoms with Crippen LogP contribution in [0.3, 0.4) is 0 Å². The maximum absolute atomic E-state index is 12.3. The minimum atomic E-state index is -4.85. The molecule has 0 aliphatic carbocycles. The van der Waals surface area contributed by atoms with Crippen molar-refractivity contribution in [1.29, 1.82) is 0 Å². The second kappa shape index (κ2) is 7.46. The maximum Gasteiger partial charge on any atom is 0.418 e. The number of hydrazine groups is 1. The van der Waals surface area contributed by atoms with Crippen molar-refractivity contribution in [2.75, 3.05) is 6.54 Å². The fourth-order valence-electron chi connectivity index (χ4n) is 3.03. The summed E-state index contributed by atoms with van der Waals surface area (Å²) in [7, 11) is -4.85. The van der Waals surface area contributed by atoms with Gasteiger partial charge >= 0.3 is 16.4 Å². The van der Waals surface area contributed by atoms with Crippen LogP contribution in [0.25, 0.3) is 0 Å². The molecule has 12 nitrogen and oxygen atoms in total. The van der Waals surface area contributed by atoms with E-state index in [1.807, 2.05) is 0 Å². The van der Waals surface area contributed by atoms with Gasteiger partial charge in [0, 0.05) is 18.4 Å². The first-order valence-corrected chi connectivity index (χ1v) is 9.36. The molecule has 0 unspecified atom stereocenters. The molecule has 2 saturated heterocycles. The predicted octanol–water partition coefficient (Wildman–Crippen LogP) is -1.23. The Balaban J connectivity index is 1.55. The lowest BCUT2D eigenvalue weighted by atomic mass is 10.0. The van der Waals surface area contributed by atoms with Gasteiger partial charge < -0.3 is 4.90 Å². The van der Waals surface area contributed by atoms with Gasteiger partial charge in [-0.1, -0.05) is 6.07 Å². The van der Waals surface area contributed by atoms with Crippen LogP contribution in [0.4, 0.5) is 4.79 Å². The summed E-state index contributed by atoms with van der Waals surface area (Å²) in [6.45, 7) is 0.0638. The molecule has 0 saturated carbocycles. The Morgan fingerprint density at radius 1 is 1.30 bits per heavy atom. The highest BCUT2D eigenvalue weighted by atomic mass is 32.3. The molecule has 4 amide bonds.